The van der Waals surface area contributed by atoms with Crippen LogP contribution in [0.2, 0.25) is 0 Å². The Hall–Kier alpha value is -2.76. The zero-order chi connectivity index (χ0) is 17.3. The molecule has 2 aromatic carbocycles. The van der Waals surface area contributed by atoms with Gasteiger partial charge in [-0.15, -0.1) is 0 Å². The molecule has 0 N–H and O–H groups in total. The summed E-state index contributed by atoms with van der Waals surface area (Å²) in [4.78, 5) is 4.01. The van der Waals surface area contributed by atoms with Crippen LogP contribution in [0.1, 0.15) is 22.5 Å². The van der Waals surface area contributed by atoms with Gasteiger partial charge in [0.1, 0.15) is 22.9 Å². The summed E-state index contributed by atoms with van der Waals surface area (Å²) in [6, 6.07) is 7.53. The summed E-state index contributed by atoms with van der Waals surface area (Å²) < 4.78 is 38.2. The molecule has 0 aliphatic carbocycles. The molecular formula is C18H16F2N2O2. The van der Waals surface area contributed by atoms with Crippen molar-refractivity contribution in [1.82, 2.24) is 10.1 Å². The van der Waals surface area contributed by atoms with Gasteiger partial charge in [0.05, 0.1) is 0 Å². The summed E-state index contributed by atoms with van der Waals surface area (Å²) in [7, 11) is 0. The largest absolute Gasteiger partial charge is 0.485 e. The van der Waals surface area contributed by atoms with Gasteiger partial charge in [-0.05, 0) is 55.7 Å². The Balaban J connectivity index is 1.80. The summed E-state index contributed by atoms with van der Waals surface area (Å²) in [5.41, 5.74) is 2.88. The maximum Gasteiger partial charge on any atom is 0.264 e. The Morgan fingerprint density at radius 1 is 1.08 bits per heavy atom. The van der Waals surface area contributed by atoms with E-state index < -0.39 is 11.6 Å². The molecule has 0 unspecified atom stereocenters. The van der Waals surface area contributed by atoms with E-state index in [1.54, 1.807) is 0 Å². The number of benzene rings is 2. The molecule has 0 saturated heterocycles. The minimum Gasteiger partial charge on any atom is -0.485 e. The minimum absolute atomic E-state index is 0.0449. The topological polar surface area (TPSA) is 48.2 Å². The highest BCUT2D eigenvalue weighted by Crippen LogP contribution is 2.26. The number of nitrogens with zero attached hydrogens (tertiary/aromatic N) is 2. The molecule has 3 aromatic rings. The molecule has 1 heterocycles. The molecule has 24 heavy (non-hydrogen) atoms. The number of hydrogen-bond donors (Lipinski definition) is 0. The average Bonchev–Trinajstić information content (AvgIpc) is 2.98. The molecule has 3 rings (SSSR count). The third-order valence-electron chi connectivity index (χ3n) is 3.77. The molecule has 0 aliphatic heterocycles. The van der Waals surface area contributed by atoms with Crippen molar-refractivity contribution in [3.8, 4) is 17.2 Å². The zero-order valence-electron chi connectivity index (χ0n) is 13.6. The smallest absolute Gasteiger partial charge is 0.264 e. The van der Waals surface area contributed by atoms with E-state index in [2.05, 4.69) is 16.2 Å². The van der Waals surface area contributed by atoms with E-state index in [-0.39, 0.29) is 23.9 Å². The molecule has 0 fully saturated rings. The monoisotopic (exact) mass is 330 g/mol. The highest BCUT2D eigenvalue weighted by atomic mass is 19.1. The van der Waals surface area contributed by atoms with Crippen molar-refractivity contribution in [1.29, 1.82) is 0 Å². The second kappa shape index (κ2) is 6.39. The van der Waals surface area contributed by atoms with Crippen LogP contribution in [0.4, 0.5) is 8.78 Å². The first-order valence-corrected chi connectivity index (χ1v) is 7.43. The van der Waals surface area contributed by atoms with Crippen molar-refractivity contribution in [3.05, 3.63) is 64.5 Å². The highest BCUT2D eigenvalue weighted by Gasteiger charge is 2.18. The Labute approximate surface area is 138 Å². The Morgan fingerprint density at radius 2 is 1.79 bits per heavy atom. The van der Waals surface area contributed by atoms with E-state index >= 15 is 0 Å². The fraction of sp³-hybridized carbons (Fsp3) is 0.222. The number of rotatable bonds is 4. The minimum atomic E-state index is -0.753. The fourth-order valence-electron chi connectivity index (χ4n) is 2.41. The van der Waals surface area contributed by atoms with Gasteiger partial charge in [-0.25, -0.2) is 8.78 Å². The van der Waals surface area contributed by atoms with Gasteiger partial charge in [0.15, 0.2) is 6.61 Å². The van der Waals surface area contributed by atoms with Crippen LogP contribution in [0, 0.1) is 32.4 Å². The van der Waals surface area contributed by atoms with Crippen molar-refractivity contribution in [2.45, 2.75) is 27.4 Å². The number of hydrogen-bond acceptors (Lipinski definition) is 4. The van der Waals surface area contributed by atoms with E-state index in [1.807, 2.05) is 26.8 Å². The Bertz CT molecular complexity index is 870. The van der Waals surface area contributed by atoms with Gasteiger partial charge in [0.25, 0.3) is 5.89 Å². The van der Waals surface area contributed by atoms with Crippen LogP contribution in [-0.4, -0.2) is 10.1 Å². The lowest BCUT2D eigenvalue weighted by Crippen LogP contribution is -2.00. The molecule has 0 amide bonds. The molecule has 124 valence electrons. The predicted octanol–water partition coefficient (Wildman–Crippen LogP) is 4.52. The van der Waals surface area contributed by atoms with Crippen LogP contribution < -0.4 is 4.74 Å². The lowest BCUT2D eigenvalue weighted by Gasteiger charge is -2.10. The molecule has 6 heteroatoms. The first-order chi connectivity index (χ1) is 11.5. The van der Waals surface area contributed by atoms with Crippen LogP contribution in [0.3, 0.4) is 0 Å². The van der Waals surface area contributed by atoms with Gasteiger partial charge in [-0.1, -0.05) is 17.3 Å². The summed E-state index contributed by atoms with van der Waals surface area (Å²) in [6.45, 7) is 5.99. The van der Waals surface area contributed by atoms with Gasteiger partial charge in [0.2, 0.25) is 5.82 Å². The van der Waals surface area contributed by atoms with Crippen molar-refractivity contribution < 1.29 is 18.0 Å². The van der Waals surface area contributed by atoms with Crippen LogP contribution >= 0.6 is 0 Å². The standard InChI is InChI=1S/C18H16F2N2O2/c1-10-7-11(2)12(3)15(8-10)23-9-16-21-18(24-22-16)17-13(19)5-4-6-14(17)20/h4-8H,9H2,1-3H3. The first-order valence-electron chi connectivity index (χ1n) is 7.43. The Kier molecular flexibility index (Phi) is 4.29. The molecule has 0 atom stereocenters. The van der Waals surface area contributed by atoms with E-state index in [9.17, 15) is 8.78 Å². The molecule has 1 aromatic heterocycles. The Morgan fingerprint density at radius 3 is 2.50 bits per heavy atom. The van der Waals surface area contributed by atoms with E-state index in [0.29, 0.717) is 0 Å². The van der Waals surface area contributed by atoms with Gasteiger partial charge < -0.3 is 9.26 Å². The summed E-state index contributed by atoms with van der Waals surface area (Å²) in [5.74, 6) is -0.781. The second-order valence-electron chi connectivity index (χ2n) is 5.61. The lowest BCUT2D eigenvalue weighted by atomic mass is 10.1. The van der Waals surface area contributed by atoms with Gasteiger partial charge in [-0.3, -0.25) is 0 Å². The quantitative estimate of drug-likeness (QED) is 0.706. The van der Waals surface area contributed by atoms with E-state index in [4.69, 9.17) is 9.26 Å². The maximum absolute atomic E-state index is 13.7. The molecule has 0 radical (unpaired) electrons. The van der Waals surface area contributed by atoms with Crippen LogP contribution in [-0.2, 0) is 6.61 Å². The van der Waals surface area contributed by atoms with Gasteiger partial charge >= 0.3 is 0 Å². The van der Waals surface area contributed by atoms with Crippen molar-refractivity contribution in [3.63, 3.8) is 0 Å². The van der Waals surface area contributed by atoms with Crippen LogP contribution in [0.15, 0.2) is 34.9 Å². The molecule has 0 bridgehead atoms. The van der Waals surface area contributed by atoms with Crippen LogP contribution in [0.25, 0.3) is 11.5 Å². The predicted molar refractivity (Wildman–Crippen MR) is 84.6 cm³/mol. The zero-order valence-corrected chi connectivity index (χ0v) is 13.6. The molecule has 0 spiro atoms. The molecule has 0 saturated carbocycles. The van der Waals surface area contributed by atoms with E-state index in [0.717, 1.165) is 34.6 Å². The normalized spacial score (nSPS) is 10.9. The summed E-state index contributed by atoms with van der Waals surface area (Å²) >= 11 is 0. The van der Waals surface area contributed by atoms with Crippen LogP contribution in [0.5, 0.6) is 5.75 Å². The van der Waals surface area contributed by atoms with Crippen molar-refractivity contribution >= 4 is 0 Å². The average molecular weight is 330 g/mol. The maximum atomic E-state index is 13.7. The van der Waals surface area contributed by atoms with E-state index in [1.165, 1.54) is 6.07 Å². The molecule has 4 nitrogen and oxygen atoms in total. The summed E-state index contributed by atoms with van der Waals surface area (Å²) in [6.07, 6.45) is 0. The lowest BCUT2D eigenvalue weighted by molar-refractivity contribution is 0.285. The second-order valence-corrected chi connectivity index (χ2v) is 5.61. The third-order valence-corrected chi connectivity index (χ3v) is 3.77. The van der Waals surface area contributed by atoms with Crippen molar-refractivity contribution in [2.24, 2.45) is 0 Å². The number of aromatic nitrogens is 2. The third kappa shape index (κ3) is 3.13. The SMILES string of the molecule is Cc1cc(C)c(C)c(OCc2noc(-c3c(F)cccc3F)n2)c1. The number of ether oxygens (including phenoxy) is 1. The molecule has 0 aliphatic rings. The number of halogens is 2. The van der Waals surface area contributed by atoms with Gasteiger partial charge in [-0.2, -0.15) is 4.98 Å². The summed E-state index contributed by atoms with van der Waals surface area (Å²) in [5, 5.41) is 3.72. The fourth-order valence-corrected chi connectivity index (χ4v) is 2.41. The first kappa shape index (κ1) is 16.1. The van der Waals surface area contributed by atoms with Crippen molar-refractivity contribution in [2.75, 3.05) is 0 Å². The highest BCUT2D eigenvalue weighted by molar-refractivity contribution is 5.54. The molecular weight excluding hydrogens is 314 g/mol. The van der Waals surface area contributed by atoms with Gasteiger partial charge in [0, 0.05) is 0 Å². The number of aryl methyl sites for hydroxylation is 2.